The Bertz CT molecular complexity index is 259. The molecule has 1 aliphatic heterocycles. The van der Waals surface area contributed by atoms with Crippen molar-refractivity contribution in [2.24, 2.45) is 0 Å². The van der Waals surface area contributed by atoms with Crippen molar-refractivity contribution in [2.45, 2.75) is 45.6 Å². The van der Waals surface area contributed by atoms with Gasteiger partial charge in [-0.1, -0.05) is 25.2 Å². The lowest BCUT2D eigenvalue weighted by atomic mass is 9.95. The average molecular weight is 197 g/mol. The Kier molecular flexibility index (Phi) is 2.66. The summed E-state index contributed by atoms with van der Waals surface area (Å²) in [4.78, 5) is 11.2. The Labute approximate surface area is 81.4 Å². The van der Waals surface area contributed by atoms with Crippen molar-refractivity contribution in [3.8, 4) is 0 Å². The first kappa shape index (κ1) is 10.5. The predicted octanol–water partition coefficient (Wildman–Crippen LogP) is 2.16. The summed E-state index contributed by atoms with van der Waals surface area (Å²) in [5, 5.41) is 2.97. The van der Waals surface area contributed by atoms with Crippen LogP contribution in [0.3, 0.4) is 0 Å². The molecular formula is C10H19NOSi. The molecule has 1 amide bonds. The summed E-state index contributed by atoms with van der Waals surface area (Å²) < 4.78 is 0. The maximum absolute atomic E-state index is 11.2. The fourth-order valence-corrected chi connectivity index (χ4v) is 3.26. The van der Waals surface area contributed by atoms with E-state index in [0.717, 1.165) is 5.57 Å². The van der Waals surface area contributed by atoms with Crippen molar-refractivity contribution in [3.63, 3.8) is 0 Å². The van der Waals surface area contributed by atoms with Gasteiger partial charge in [0.1, 0.15) is 0 Å². The second-order valence-electron chi connectivity index (χ2n) is 5.20. The van der Waals surface area contributed by atoms with Gasteiger partial charge in [-0.2, -0.15) is 0 Å². The van der Waals surface area contributed by atoms with Gasteiger partial charge in [-0.3, -0.25) is 4.79 Å². The Hall–Kier alpha value is -0.573. The Morgan fingerprint density at radius 2 is 1.92 bits per heavy atom. The molecular weight excluding hydrogens is 178 g/mol. The third kappa shape index (κ3) is 2.43. The molecule has 1 rings (SSSR count). The second kappa shape index (κ2) is 3.29. The zero-order valence-corrected chi connectivity index (χ0v) is 10.2. The Balaban J connectivity index is 2.67. The van der Waals surface area contributed by atoms with Gasteiger partial charge in [-0.25, -0.2) is 0 Å². The van der Waals surface area contributed by atoms with Crippen LogP contribution in [-0.4, -0.2) is 20.0 Å². The average Bonchev–Trinajstić information content (AvgIpc) is 1.80. The van der Waals surface area contributed by atoms with Gasteiger partial charge >= 0.3 is 0 Å². The van der Waals surface area contributed by atoms with E-state index in [1.807, 2.05) is 13.8 Å². The summed E-state index contributed by atoms with van der Waals surface area (Å²) in [7, 11) is -1.06. The standard InChI is InChI=1S/C10H19NOSi/c1-7(2)9-8(11-10(9)12)6-13(3,4)5/h8H,6H2,1-5H3,(H,11,12). The van der Waals surface area contributed by atoms with Crippen LogP contribution in [-0.2, 0) is 4.79 Å². The van der Waals surface area contributed by atoms with Crippen LogP contribution in [0, 0.1) is 0 Å². The maximum atomic E-state index is 11.2. The molecule has 3 heteroatoms. The Morgan fingerprint density at radius 1 is 1.38 bits per heavy atom. The van der Waals surface area contributed by atoms with Crippen LogP contribution in [0.1, 0.15) is 13.8 Å². The van der Waals surface area contributed by atoms with E-state index in [4.69, 9.17) is 0 Å². The normalized spacial score (nSPS) is 22.4. The lowest BCUT2D eigenvalue weighted by Gasteiger charge is -2.35. The number of rotatable bonds is 2. The smallest absolute Gasteiger partial charge is 0.249 e. The molecule has 13 heavy (non-hydrogen) atoms. The summed E-state index contributed by atoms with van der Waals surface area (Å²) in [6, 6.07) is 1.52. The third-order valence-corrected chi connectivity index (χ3v) is 3.89. The van der Waals surface area contributed by atoms with E-state index in [1.165, 1.54) is 11.6 Å². The van der Waals surface area contributed by atoms with Gasteiger partial charge in [-0.15, -0.1) is 0 Å². The molecule has 1 unspecified atom stereocenters. The molecule has 0 aliphatic carbocycles. The van der Waals surface area contributed by atoms with Crippen molar-refractivity contribution < 1.29 is 4.79 Å². The highest BCUT2D eigenvalue weighted by molar-refractivity contribution is 6.76. The van der Waals surface area contributed by atoms with Crippen molar-refractivity contribution in [1.82, 2.24) is 5.32 Å². The fourth-order valence-electron chi connectivity index (χ4n) is 1.73. The van der Waals surface area contributed by atoms with Gasteiger partial charge in [0.25, 0.3) is 0 Å². The molecule has 74 valence electrons. The van der Waals surface area contributed by atoms with E-state index in [2.05, 4.69) is 25.0 Å². The molecule has 1 N–H and O–H groups in total. The molecule has 0 spiro atoms. The molecule has 1 heterocycles. The van der Waals surface area contributed by atoms with Crippen LogP contribution in [0.5, 0.6) is 0 Å². The molecule has 1 atom stereocenters. The molecule has 0 aromatic heterocycles. The van der Waals surface area contributed by atoms with Gasteiger partial charge in [0, 0.05) is 13.6 Å². The summed E-state index contributed by atoms with van der Waals surface area (Å²) >= 11 is 0. The highest BCUT2D eigenvalue weighted by Crippen LogP contribution is 2.25. The predicted molar refractivity (Wildman–Crippen MR) is 58.5 cm³/mol. The van der Waals surface area contributed by atoms with Crippen molar-refractivity contribution >= 4 is 14.0 Å². The molecule has 0 aromatic carbocycles. The molecule has 0 saturated carbocycles. The molecule has 1 fully saturated rings. The van der Waals surface area contributed by atoms with Crippen molar-refractivity contribution in [3.05, 3.63) is 11.1 Å². The minimum absolute atomic E-state index is 0.142. The van der Waals surface area contributed by atoms with Crippen LogP contribution < -0.4 is 5.32 Å². The zero-order valence-electron chi connectivity index (χ0n) is 9.19. The fraction of sp³-hybridized carbons (Fsp3) is 0.700. The number of hydrogen-bond acceptors (Lipinski definition) is 1. The lowest BCUT2D eigenvalue weighted by molar-refractivity contribution is -0.122. The number of nitrogens with one attached hydrogen (secondary N) is 1. The summed E-state index contributed by atoms with van der Waals surface area (Å²) in [5.41, 5.74) is 2.20. The topological polar surface area (TPSA) is 29.1 Å². The highest BCUT2D eigenvalue weighted by atomic mass is 28.3. The van der Waals surface area contributed by atoms with Crippen molar-refractivity contribution in [2.75, 3.05) is 0 Å². The first-order valence-corrected chi connectivity index (χ1v) is 8.50. The molecule has 0 aromatic rings. The first-order valence-electron chi connectivity index (χ1n) is 4.79. The van der Waals surface area contributed by atoms with Gasteiger partial charge < -0.3 is 5.32 Å². The number of allylic oxidation sites excluding steroid dienone is 1. The molecule has 1 saturated heterocycles. The number of hydrogen-bond donors (Lipinski definition) is 1. The van der Waals surface area contributed by atoms with E-state index >= 15 is 0 Å². The van der Waals surface area contributed by atoms with E-state index in [1.54, 1.807) is 0 Å². The van der Waals surface area contributed by atoms with E-state index in [-0.39, 0.29) is 5.91 Å². The quantitative estimate of drug-likeness (QED) is 0.410. The number of amides is 1. The second-order valence-corrected chi connectivity index (χ2v) is 10.7. The van der Waals surface area contributed by atoms with E-state index < -0.39 is 8.07 Å². The van der Waals surface area contributed by atoms with Crippen molar-refractivity contribution in [1.29, 1.82) is 0 Å². The summed E-state index contributed by atoms with van der Waals surface area (Å²) in [6.07, 6.45) is 0. The Morgan fingerprint density at radius 3 is 2.23 bits per heavy atom. The van der Waals surface area contributed by atoms with Crippen LogP contribution in [0.15, 0.2) is 11.1 Å². The van der Waals surface area contributed by atoms with Gasteiger partial charge in [0.2, 0.25) is 5.91 Å². The zero-order chi connectivity index (χ0) is 10.2. The molecule has 2 nitrogen and oxygen atoms in total. The van der Waals surface area contributed by atoms with Crippen LogP contribution >= 0.6 is 0 Å². The van der Waals surface area contributed by atoms with Crippen LogP contribution in [0.2, 0.25) is 25.7 Å². The van der Waals surface area contributed by atoms with E-state index in [9.17, 15) is 4.79 Å². The molecule has 0 radical (unpaired) electrons. The van der Waals surface area contributed by atoms with E-state index in [0.29, 0.717) is 6.04 Å². The number of carbonyl (C=O) groups is 1. The number of carbonyl (C=O) groups excluding carboxylic acids is 1. The molecule has 1 aliphatic rings. The SMILES string of the molecule is CC(C)=C1C(=O)NC1C[Si](C)(C)C. The first-order chi connectivity index (χ1) is 5.81. The third-order valence-electron chi connectivity index (χ3n) is 2.25. The highest BCUT2D eigenvalue weighted by Gasteiger charge is 2.36. The molecule has 0 bridgehead atoms. The monoisotopic (exact) mass is 197 g/mol. The minimum Gasteiger partial charge on any atom is -0.346 e. The minimum atomic E-state index is -1.06. The van der Waals surface area contributed by atoms with Crippen LogP contribution in [0.4, 0.5) is 0 Å². The lowest BCUT2D eigenvalue weighted by Crippen LogP contribution is -2.54. The summed E-state index contributed by atoms with van der Waals surface area (Å²) in [6.45, 7) is 11.0. The number of β-lactam (4-membered cyclic amide) rings is 1. The maximum Gasteiger partial charge on any atom is 0.249 e. The summed E-state index contributed by atoms with van der Waals surface area (Å²) in [5.74, 6) is 0.142. The van der Waals surface area contributed by atoms with Gasteiger partial charge in [0.15, 0.2) is 0 Å². The van der Waals surface area contributed by atoms with Crippen LogP contribution in [0.25, 0.3) is 0 Å². The van der Waals surface area contributed by atoms with Gasteiger partial charge in [-0.05, 0) is 19.9 Å². The van der Waals surface area contributed by atoms with Gasteiger partial charge in [0.05, 0.1) is 6.04 Å². The largest absolute Gasteiger partial charge is 0.346 e.